The summed E-state index contributed by atoms with van der Waals surface area (Å²) in [7, 11) is 0. The van der Waals surface area contributed by atoms with Crippen LogP contribution in [0.15, 0.2) is 45.6 Å². The molecule has 2 saturated carbocycles. The van der Waals surface area contributed by atoms with Crippen LogP contribution in [0.1, 0.15) is 86.8 Å². The van der Waals surface area contributed by atoms with Gasteiger partial charge in [-0.1, -0.05) is 20.8 Å². The van der Waals surface area contributed by atoms with Gasteiger partial charge < -0.3 is 27.8 Å². The van der Waals surface area contributed by atoms with Crippen molar-refractivity contribution in [2.45, 2.75) is 83.0 Å². The van der Waals surface area contributed by atoms with Gasteiger partial charge in [0.25, 0.3) is 0 Å². The Balaban J connectivity index is 1.33. The van der Waals surface area contributed by atoms with Gasteiger partial charge in [-0.15, -0.1) is 0 Å². The van der Waals surface area contributed by atoms with Crippen molar-refractivity contribution >= 4 is 17.9 Å². The van der Waals surface area contributed by atoms with Crippen molar-refractivity contribution in [1.29, 1.82) is 0 Å². The highest BCUT2D eigenvalue weighted by molar-refractivity contribution is 5.87. The molecule has 0 bridgehead atoms. The molecule has 9 nitrogen and oxygen atoms in total. The van der Waals surface area contributed by atoms with E-state index in [0.717, 1.165) is 32.1 Å². The Labute approximate surface area is 227 Å². The molecule has 4 heterocycles. The zero-order chi connectivity index (χ0) is 27.5. The molecule has 6 rings (SSSR count). The number of carbonyl (C=O) groups is 3. The van der Waals surface area contributed by atoms with Crippen LogP contribution in [0.2, 0.25) is 0 Å². The largest absolute Gasteiger partial charge is 0.463 e. The van der Waals surface area contributed by atoms with E-state index in [4.69, 9.17) is 27.8 Å². The molecule has 210 valence electrons. The van der Waals surface area contributed by atoms with E-state index in [9.17, 15) is 14.4 Å². The molecule has 2 aliphatic carbocycles. The lowest BCUT2D eigenvalue weighted by Gasteiger charge is -2.65. The summed E-state index contributed by atoms with van der Waals surface area (Å²) in [5, 5.41) is 0. The fraction of sp³-hybridized carbons (Fsp3) is 0.633. The third-order valence-electron chi connectivity index (χ3n) is 10.4. The van der Waals surface area contributed by atoms with Gasteiger partial charge in [0.2, 0.25) is 11.5 Å². The van der Waals surface area contributed by atoms with Gasteiger partial charge in [0.15, 0.2) is 0 Å². The van der Waals surface area contributed by atoms with Gasteiger partial charge >= 0.3 is 17.9 Å². The van der Waals surface area contributed by atoms with Gasteiger partial charge in [-0.25, -0.2) is 9.59 Å². The molecule has 4 aliphatic rings. The molecule has 0 N–H and O–H groups in total. The number of rotatable bonds is 5. The SMILES string of the molecule is C[C@@H]1CC[C@@H]2[C@](C)(COC(=O)c3ccco3)[C@@H](OC(=O)c3ccco3)CC[C@]2(C)[C@@]12CC[C@]1(COC(=O)C1)O2. The van der Waals surface area contributed by atoms with Gasteiger partial charge in [0.1, 0.15) is 24.9 Å². The van der Waals surface area contributed by atoms with Crippen LogP contribution < -0.4 is 0 Å². The predicted octanol–water partition coefficient (Wildman–Crippen LogP) is 5.34. The van der Waals surface area contributed by atoms with Crippen LogP contribution in [0.3, 0.4) is 0 Å². The van der Waals surface area contributed by atoms with Crippen molar-refractivity contribution < 1.29 is 42.2 Å². The molecule has 4 fully saturated rings. The van der Waals surface area contributed by atoms with Crippen LogP contribution in [-0.4, -0.2) is 48.4 Å². The lowest BCUT2D eigenvalue weighted by atomic mass is 9.43. The van der Waals surface area contributed by atoms with Gasteiger partial charge in [0, 0.05) is 10.8 Å². The van der Waals surface area contributed by atoms with E-state index < -0.39 is 34.7 Å². The minimum atomic E-state index is -0.703. The second kappa shape index (κ2) is 9.25. The van der Waals surface area contributed by atoms with E-state index in [1.54, 1.807) is 24.3 Å². The lowest BCUT2D eigenvalue weighted by molar-refractivity contribution is -0.265. The van der Waals surface area contributed by atoms with Crippen molar-refractivity contribution in [3.63, 3.8) is 0 Å². The third kappa shape index (κ3) is 4.03. The summed E-state index contributed by atoms with van der Waals surface area (Å²) in [5.74, 6) is -0.746. The normalized spacial score (nSPS) is 39.5. The Bertz CT molecular complexity index is 1240. The summed E-state index contributed by atoms with van der Waals surface area (Å²) in [5.41, 5.74) is -2.06. The first kappa shape index (κ1) is 26.2. The molecule has 2 spiro atoms. The van der Waals surface area contributed by atoms with E-state index >= 15 is 0 Å². The molecule has 2 saturated heterocycles. The first-order valence-corrected chi connectivity index (χ1v) is 13.9. The minimum Gasteiger partial charge on any atom is -0.463 e. The summed E-state index contributed by atoms with van der Waals surface area (Å²) >= 11 is 0. The molecule has 0 aromatic carbocycles. The first-order valence-electron chi connectivity index (χ1n) is 13.9. The van der Waals surface area contributed by atoms with Crippen LogP contribution in [0.4, 0.5) is 0 Å². The summed E-state index contributed by atoms with van der Waals surface area (Å²) < 4.78 is 34.9. The highest BCUT2D eigenvalue weighted by atomic mass is 16.6. The summed E-state index contributed by atoms with van der Waals surface area (Å²) in [6, 6.07) is 6.44. The van der Waals surface area contributed by atoms with Crippen LogP contribution in [-0.2, 0) is 23.7 Å². The van der Waals surface area contributed by atoms with Gasteiger partial charge in [-0.2, -0.15) is 0 Å². The third-order valence-corrected chi connectivity index (χ3v) is 10.4. The Morgan fingerprint density at radius 3 is 2.33 bits per heavy atom. The molecule has 7 atom stereocenters. The molecule has 0 amide bonds. The molecule has 39 heavy (non-hydrogen) atoms. The highest BCUT2D eigenvalue weighted by Gasteiger charge is 2.70. The Morgan fingerprint density at radius 1 is 0.974 bits per heavy atom. The van der Waals surface area contributed by atoms with Crippen LogP contribution in [0.5, 0.6) is 0 Å². The maximum Gasteiger partial charge on any atom is 0.374 e. The number of esters is 3. The molecular weight excluding hydrogens is 504 g/mol. The Hall–Kier alpha value is -3.07. The van der Waals surface area contributed by atoms with E-state index in [1.807, 2.05) is 0 Å². The van der Waals surface area contributed by atoms with Crippen molar-refractivity contribution in [3.8, 4) is 0 Å². The molecule has 0 radical (unpaired) electrons. The van der Waals surface area contributed by atoms with E-state index in [2.05, 4.69) is 20.8 Å². The van der Waals surface area contributed by atoms with Crippen molar-refractivity contribution in [1.82, 2.24) is 0 Å². The maximum atomic E-state index is 13.0. The molecule has 0 unspecified atom stereocenters. The summed E-state index contributed by atoms with van der Waals surface area (Å²) in [6.45, 7) is 6.93. The number of furan rings is 2. The van der Waals surface area contributed by atoms with E-state index in [-0.39, 0.29) is 47.8 Å². The quantitative estimate of drug-likeness (QED) is 0.366. The molecule has 2 aromatic rings. The summed E-state index contributed by atoms with van der Waals surface area (Å²) in [6.07, 6.45) is 7.37. The topological polar surface area (TPSA) is 114 Å². The maximum absolute atomic E-state index is 13.0. The molecule has 2 aromatic heterocycles. The van der Waals surface area contributed by atoms with E-state index in [1.165, 1.54) is 12.5 Å². The smallest absolute Gasteiger partial charge is 0.374 e. The van der Waals surface area contributed by atoms with Gasteiger partial charge in [-0.3, -0.25) is 4.79 Å². The second-order valence-corrected chi connectivity index (χ2v) is 12.4. The van der Waals surface area contributed by atoms with Crippen LogP contribution in [0.25, 0.3) is 0 Å². The standard InChI is InChI=1S/C30H36O9/c1-19-8-9-22-27(2,17-37-25(32)20-6-4-14-34-20)23(38-26(33)21-7-5-15-35-21)10-11-28(22,3)30(19)13-12-29(39-30)16-24(31)36-18-29/h4-7,14-15,19,22-23H,8-13,16-18H2,1-3H3/t19-,22-,23+,27+,28+,29+,30-/m1/s1. The highest BCUT2D eigenvalue weighted by Crippen LogP contribution is 2.68. The van der Waals surface area contributed by atoms with Crippen molar-refractivity contribution in [2.75, 3.05) is 13.2 Å². The summed E-state index contributed by atoms with van der Waals surface area (Å²) in [4.78, 5) is 38.0. The zero-order valence-electron chi connectivity index (χ0n) is 22.7. The Morgan fingerprint density at radius 2 is 1.69 bits per heavy atom. The first-order chi connectivity index (χ1) is 18.6. The molecular formula is C30H36O9. The number of hydrogen-bond donors (Lipinski definition) is 0. The van der Waals surface area contributed by atoms with Gasteiger partial charge in [-0.05, 0) is 74.6 Å². The minimum absolute atomic E-state index is 0.0157. The predicted molar refractivity (Wildman–Crippen MR) is 136 cm³/mol. The number of cyclic esters (lactones) is 1. The van der Waals surface area contributed by atoms with Gasteiger partial charge in [0.05, 0.1) is 24.5 Å². The van der Waals surface area contributed by atoms with Crippen LogP contribution >= 0.6 is 0 Å². The number of ether oxygens (including phenoxy) is 4. The number of fused-ring (bicyclic) bond motifs is 2. The molecule has 2 aliphatic heterocycles. The lowest BCUT2D eigenvalue weighted by Crippen LogP contribution is -2.67. The number of carbonyl (C=O) groups excluding carboxylic acids is 3. The van der Waals surface area contributed by atoms with E-state index in [0.29, 0.717) is 13.0 Å². The fourth-order valence-electron chi connectivity index (χ4n) is 8.36. The fourth-order valence-corrected chi connectivity index (χ4v) is 8.36. The van der Waals surface area contributed by atoms with Crippen molar-refractivity contribution in [3.05, 3.63) is 48.3 Å². The Kier molecular flexibility index (Phi) is 6.21. The van der Waals surface area contributed by atoms with Crippen LogP contribution in [0, 0.1) is 22.7 Å². The zero-order valence-corrected chi connectivity index (χ0v) is 22.7. The average Bonchev–Trinajstić information content (AvgIpc) is 3.72. The monoisotopic (exact) mass is 540 g/mol. The second-order valence-electron chi connectivity index (χ2n) is 12.4. The van der Waals surface area contributed by atoms with Crippen molar-refractivity contribution in [2.24, 2.45) is 22.7 Å². The molecule has 9 heteroatoms. The average molecular weight is 541 g/mol. The number of hydrogen-bond acceptors (Lipinski definition) is 9.